The summed E-state index contributed by atoms with van der Waals surface area (Å²) >= 11 is 0. The van der Waals surface area contributed by atoms with Gasteiger partial charge >= 0.3 is 0 Å². The van der Waals surface area contributed by atoms with Crippen molar-refractivity contribution >= 4 is 9.84 Å². The van der Waals surface area contributed by atoms with Crippen LogP contribution in [0, 0.1) is 11.3 Å². The Morgan fingerprint density at radius 3 is 2.76 bits per heavy atom. The van der Waals surface area contributed by atoms with Crippen LogP contribution in [0.15, 0.2) is 0 Å². The number of rotatable bonds is 4. The van der Waals surface area contributed by atoms with Gasteiger partial charge in [-0.1, -0.05) is 0 Å². The van der Waals surface area contributed by atoms with Gasteiger partial charge in [-0.2, -0.15) is 5.26 Å². The van der Waals surface area contributed by atoms with Gasteiger partial charge in [-0.25, -0.2) is 8.42 Å². The van der Waals surface area contributed by atoms with E-state index in [1.165, 1.54) is 0 Å². The van der Waals surface area contributed by atoms with E-state index in [0.717, 1.165) is 13.0 Å². The monoisotopic (exact) mass is 259 g/mol. The van der Waals surface area contributed by atoms with Crippen LogP contribution in [0.1, 0.15) is 26.7 Å². The van der Waals surface area contributed by atoms with Crippen LogP contribution in [0.3, 0.4) is 0 Å². The maximum Gasteiger partial charge on any atom is 0.153 e. The summed E-state index contributed by atoms with van der Waals surface area (Å²) < 4.78 is 22.8. The Morgan fingerprint density at radius 1 is 1.59 bits per heavy atom. The molecule has 6 heteroatoms. The van der Waals surface area contributed by atoms with Crippen molar-refractivity contribution in [1.82, 2.24) is 4.90 Å². The third-order valence-corrected chi connectivity index (χ3v) is 5.00. The highest BCUT2D eigenvalue weighted by Gasteiger charge is 2.28. The van der Waals surface area contributed by atoms with Crippen molar-refractivity contribution in [1.29, 1.82) is 5.26 Å². The Kier molecular flexibility index (Phi) is 4.53. The minimum atomic E-state index is -2.84. The largest absolute Gasteiger partial charge is 0.314 e. The minimum absolute atomic E-state index is 0.0693. The number of nitrogens with zero attached hydrogens (tertiary/aromatic N) is 2. The maximum atomic E-state index is 11.4. The summed E-state index contributed by atoms with van der Waals surface area (Å²) in [5.41, 5.74) is 4.96. The van der Waals surface area contributed by atoms with Crippen LogP contribution in [-0.4, -0.2) is 49.5 Å². The van der Waals surface area contributed by atoms with Gasteiger partial charge in [0.25, 0.3) is 0 Å². The van der Waals surface area contributed by atoms with Crippen molar-refractivity contribution in [2.45, 2.75) is 38.3 Å². The first-order chi connectivity index (χ1) is 7.76. The van der Waals surface area contributed by atoms with Crippen LogP contribution < -0.4 is 5.73 Å². The number of hydrogen-bond acceptors (Lipinski definition) is 5. The summed E-state index contributed by atoms with van der Waals surface area (Å²) in [5.74, 6) is 0.487. The molecule has 0 radical (unpaired) electrons. The van der Waals surface area contributed by atoms with Gasteiger partial charge in [-0.05, 0) is 33.2 Å². The summed E-state index contributed by atoms with van der Waals surface area (Å²) in [6, 6.07) is 2.14. The number of nitrogens with two attached hydrogens (primary N) is 1. The molecule has 0 spiro atoms. The lowest BCUT2D eigenvalue weighted by Crippen LogP contribution is -2.47. The van der Waals surface area contributed by atoms with Gasteiger partial charge in [0.1, 0.15) is 5.54 Å². The smallest absolute Gasteiger partial charge is 0.153 e. The van der Waals surface area contributed by atoms with E-state index in [0.29, 0.717) is 13.0 Å². The lowest BCUT2D eigenvalue weighted by Gasteiger charge is -2.33. The SMILES string of the molecule is CC1CS(=O)(=O)CCN1CCCC(C)(N)C#N. The molecule has 2 atom stereocenters. The van der Waals surface area contributed by atoms with Gasteiger partial charge in [0, 0.05) is 12.6 Å². The van der Waals surface area contributed by atoms with E-state index in [1.54, 1.807) is 6.92 Å². The zero-order chi connectivity index (χ0) is 13.1. The molecule has 17 heavy (non-hydrogen) atoms. The molecule has 0 amide bonds. The number of nitriles is 1. The van der Waals surface area contributed by atoms with Gasteiger partial charge in [0.05, 0.1) is 17.6 Å². The Balaban J connectivity index is 2.37. The second-order valence-corrected chi connectivity index (χ2v) is 7.36. The van der Waals surface area contributed by atoms with E-state index in [1.807, 2.05) is 6.92 Å². The molecule has 0 aliphatic carbocycles. The molecule has 0 aromatic heterocycles. The van der Waals surface area contributed by atoms with Crippen molar-refractivity contribution in [2.75, 3.05) is 24.6 Å². The quantitative estimate of drug-likeness (QED) is 0.775. The van der Waals surface area contributed by atoms with Gasteiger partial charge in [0.15, 0.2) is 9.84 Å². The molecule has 0 aromatic carbocycles. The van der Waals surface area contributed by atoms with Crippen LogP contribution in [0.4, 0.5) is 0 Å². The van der Waals surface area contributed by atoms with E-state index in [2.05, 4.69) is 11.0 Å². The first-order valence-electron chi connectivity index (χ1n) is 5.90. The molecule has 0 saturated carbocycles. The predicted octanol–water partition coefficient (Wildman–Crippen LogP) is 0.126. The molecular weight excluding hydrogens is 238 g/mol. The van der Waals surface area contributed by atoms with E-state index < -0.39 is 15.4 Å². The predicted molar refractivity (Wildman–Crippen MR) is 67.1 cm³/mol. The standard InChI is InChI=1S/C11H21N3O2S/c1-10-8-17(15,16)7-6-14(10)5-3-4-11(2,13)9-12/h10H,3-8,13H2,1-2H3. The second kappa shape index (κ2) is 5.34. The van der Waals surface area contributed by atoms with Gasteiger partial charge in [-0.15, -0.1) is 0 Å². The highest BCUT2D eigenvalue weighted by atomic mass is 32.2. The molecule has 1 aliphatic heterocycles. The summed E-state index contributed by atoms with van der Waals surface area (Å²) in [6.45, 7) is 5.06. The molecule has 2 N–H and O–H groups in total. The van der Waals surface area contributed by atoms with Gasteiger partial charge in [-0.3, -0.25) is 4.90 Å². The van der Waals surface area contributed by atoms with Crippen LogP contribution in [-0.2, 0) is 9.84 Å². The first kappa shape index (κ1) is 14.4. The first-order valence-corrected chi connectivity index (χ1v) is 7.72. The molecule has 0 bridgehead atoms. The molecule has 0 aromatic rings. The number of sulfone groups is 1. The van der Waals surface area contributed by atoms with Crippen molar-refractivity contribution in [3.05, 3.63) is 0 Å². The maximum absolute atomic E-state index is 11.4. The van der Waals surface area contributed by atoms with Crippen LogP contribution in [0.25, 0.3) is 0 Å². The molecule has 1 heterocycles. The Bertz CT molecular complexity index is 397. The average Bonchev–Trinajstić information content (AvgIpc) is 2.20. The highest BCUT2D eigenvalue weighted by molar-refractivity contribution is 7.91. The molecule has 5 nitrogen and oxygen atoms in total. The Labute approximate surface area is 104 Å². The molecule has 1 saturated heterocycles. The average molecular weight is 259 g/mol. The third-order valence-electron chi connectivity index (χ3n) is 3.20. The second-order valence-electron chi connectivity index (χ2n) is 5.13. The molecule has 98 valence electrons. The fraction of sp³-hybridized carbons (Fsp3) is 0.909. The van der Waals surface area contributed by atoms with Gasteiger partial charge < -0.3 is 5.73 Å². The summed E-state index contributed by atoms with van der Waals surface area (Å²) in [6.07, 6.45) is 1.46. The van der Waals surface area contributed by atoms with Crippen molar-refractivity contribution in [3.8, 4) is 6.07 Å². The van der Waals surface area contributed by atoms with Crippen LogP contribution in [0.2, 0.25) is 0 Å². The van der Waals surface area contributed by atoms with Crippen molar-refractivity contribution in [2.24, 2.45) is 5.73 Å². The van der Waals surface area contributed by atoms with E-state index in [4.69, 9.17) is 11.0 Å². The highest BCUT2D eigenvalue weighted by Crippen LogP contribution is 2.14. The topological polar surface area (TPSA) is 87.2 Å². The lowest BCUT2D eigenvalue weighted by molar-refractivity contribution is 0.218. The van der Waals surface area contributed by atoms with E-state index >= 15 is 0 Å². The fourth-order valence-electron chi connectivity index (χ4n) is 2.07. The zero-order valence-corrected chi connectivity index (χ0v) is 11.3. The molecule has 1 rings (SSSR count). The Morgan fingerprint density at radius 2 is 2.24 bits per heavy atom. The van der Waals surface area contributed by atoms with Crippen molar-refractivity contribution in [3.63, 3.8) is 0 Å². The fourth-order valence-corrected chi connectivity index (χ4v) is 3.70. The molecule has 1 fully saturated rings. The molecular formula is C11H21N3O2S. The van der Waals surface area contributed by atoms with Crippen LogP contribution in [0.5, 0.6) is 0 Å². The van der Waals surface area contributed by atoms with Gasteiger partial charge in [0.2, 0.25) is 0 Å². The summed E-state index contributed by atoms with van der Waals surface area (Å²) in [5, 5.41) is 8.78. The van der Waals surface area contributed by atoms with Crippen LogP contribution >= 0.6 is 0 Å². The molecule has 2 unspecified atom stereocenters. The molecule has 1 aliphatic rings. The zero-order valence-electron chi connectivity index (χ0n) is 10.5. The van der Waals surface area contributed by atoms with Crippen molar-refractivity contribution < 1.29 is 8.42 Å². The summed E-state index contributed by atoms with van der Waals surface area (Å²) in [4.78, 5) is 2.16. The van der Waals surface area contributed by atoms with E-state index in [9.17, 15) is 8.42 Å². The third kappa shape index (κ3) is 4.62. The number of hydrogen-bond donors (Lipinski definition) is 1. The Hall–Kier alpha value is -0.640. The minimum Gasteiger partial charge on any atom is -0.314 e. The normalized spacial score (nSPS) is 28.2. The summed E-state index contributed by atoms with van der Waals surface area (Å²) in [7, 11) is -2.84. The van der Waals surface area contributed by atoms with E-state index in [-0.39, 0.29) is 17.5 Å². The lowest BCUT2D eigenvalue weighted by atomic mass is 9.99.